The van der Waals surface area contributed by atoms with E-state index in [0.29, 0.717) is 11.1 Å². The van der Waals surface area contributed by atoms with Gasteiger partial charge in [-0.3, -0.25) is 20.2 Å². The molecular weight excluding hydrogens is 321 g/mol. The van der Waals surface area contributed by atoms with Crippen LogP contribution in [0.2, 0.25) is 0 Å². The number of carbonyl (C=O) groups excluding carboxylic acids is 2. The van der Waals surface area contributed by atoms with E-state index in [9.17, 15) is 14.0 Å². The standard InChI is InChI=1S/C19H18FN3O2/c1-2-12-6-8-13(9-7-12)18(25)23-19-21-16(11-17(24)22-19)14-4-3-5-15(20)10-14/h3-10,16H,2,11H2,1H3,(H2,21,22,23,24,25)/t16-/m1/s1. The minimum absolute atomic E-state index is 0.0788. The van der Waals surface area contributed by atoms with Crippen molar-refractivity contribution in [1.82, 2.24) is 10.6 Å². The topological polar surface area (TPSA) is 70.6 Å². The molecular formula is C19H18FN3O2. The van der Waals surface area contributed by atoms with Gasteiger partial charge < -0.3 is 0 Å². The maximum Gasteiger partial charge on any atom is 0.257 e. The number of aryl methyl sites for hydroxylation is 1. The molecule has 0 radical (unpaired) electrons. The molecule has 2 N–H and O–H groups in total. The summed E-state index contributed by atoms with van der Waals surface area (Å²) in [5.41, 5.74) is 2.20. The van der Waals surface area contributed by atoms with Crippen LogP contribution < -0.4 is 10.6 Å². The predicted octanol–water partition coefficient (Wildman–Crippen LogP) is 2.74. The zero-order chi connectivity index (χ0) is 17.8. The first-order valence-corrected chi connectivity index (χ1v) is 8.08. The van der Waals surface area contributed by atoms with Gasteiger partial charge in [-0.2, -0.15) is 0 Å². The number of halogens is 1. The first-order chi connectivity index (χ1) is 12.0. The van der Waals surface area contributed by atoms with Gasteiger partial charge in [0, 0.05) is 5.56 Å². The second-order valence-corrected chi connectivity index (χ2v) is 5.81. The van der Waals surface area contributed by atoms with Gasteiger partial charge in [0.1, 0.15) is 5.82 Å². The molecule has 1 heterocycles. The summed E-state index contributed by atoms with van der Waals surface area (Å²) in [6.45, 7) is 2.04. The summed E-state index contributed by atoms with van der Waals surface area (Å²) in [6.07, 6.45) is 0.994. The van der Waals surface area contributed by atoms with Gasteiger partial charge in [0.05, 0.1) is 12.5 Å². The molecule has 1 aliphatic rings. The lowest BCUT2D eigenvalue weighted by Crippen LogP contribution is -2.47. The molecule has 6 heteroatoms. The Morgan fingerprint density at radius 2 is 2.04 bits per heavy atom. The number of carbonyl (C=O) groups is 2. The first-order valence-electron chi connectivity index (χ1n) is 8.08. The van der Waals surface area contributed by atoms with E-state index in [1.165, 1.54) is 12.1 Å². The number of nitrogens with one attached hydrogen (secondary N) is 2. The van der Waals surface area contributed by atoms with Crippen molar-refractivity contribution in [1.29, 1.82) is 0 Å². The lowest BCUT2D eigenvalue weighted by Gasteiger charge is -2.21. The number of rotatable bonds is 3. The van der Waals surface area contributed by atoms with Crippen LogP contribution in [0.1, 0.15) is 40.9 Å². The Hall–Kier alpha value is -3.02. The Balaban J connectivity index is 1.77. The van der Waals surface area contributed by atoms with Crippen molar-refractivity contribution in [2.75, 3.05) is 0 Å². The average Bonchev–Trinajstić information content (AvgIpc) is 2.61. The molecule has 0 saturated heterocycles. The lowest BCUT2D eigenvalue weighted by molar-refractivity contribution is -0.120. The van der Waals surface area contributed by atoms with Crippen molar-refractivity contribution in [2.45, 2.75) is 25.8 Å². The molecule has 2 aromatic rings. The van der Waals surface area contributed by atoms with Crippen molar-refractivity contribution >= 4 is 17.8 Å². The number of hydrogen-bond donors (Lipinski definition) is 2. The van der Waals surface area contributed by atoms with E-state index in [2.05, 4.69) is 15.6 Å². The Labute approximate surface area is 145 Å². The molecule has 3 rings (SSSR count). The third kappa shape index (κ3) is 4.09. The number of aliphatic imine (C=N–C) groups is 1. The SMILES string of the molecule is CCc1ccc(C(=O)NC2=N[C@@H](c3cccc(F)c3)CC(=O)N2)cc1. The largest absolute Gasteiger partial charge is 0.296 e. The van der Waals surface area contributed by atoms with Gasteiger partial charge in [0.15, 0.2) is 0 Å². The fraction of sp³-hybridized carbons (Fsp3) is 0.211. The van der Waals surface area contributed by atoms with Crippen LogP contribution in [0.4, 0.5) is 4.39 Å². The summed E-state index contributed by atoms with van der Waals surface area (Å²) in [5.74, 6) is -0.946. The van der Waals surface area contributed by atoms with E-state index >= 15 is 0 Å². The predicted molar refractivity (Wildman–Crippen MR) is 92.6 cm³/mol. The maximum atomic E-state index is 13.4. The monoisotopic (exact) mass is 339 g/mol. The van der Waals surface area contributed by atoms with Crippen LogP contribution in [0.15, 0.2) is 53.5 Å². The summed E-state index contributed by atoms with van der Waals surface area (Å²) < 4.78 is 13.4. The first kappa shape index (κ1) is 16.8. The quantitative estimate of drug-likeness (QED) is 0.903. The molecule has 128 valence electrons. The summed E-state index contributed by atoms with van der Waals surface area (Å²) in [6, 6.07) is 12.6. The summed E-state index contributed by atoms with van der Waals surface area (Å²) in [4.78, 5) is 28.5. The van der Waals surface area contributed by atoms with Crippen molar-refractivity contribution in [3.63, 3.8) is 0 Å². The zero-order valence-electron chi connectivity index (χ0n) is 13.8. The normalized spacial score (nSPS) is 16.8. The fourth-order valence-corrected chi connectivity index (χ4v) is 2.63. The van der Waals surface area contributed by atoms with Gasteiger partial charge in [0.25, 0.3) is 5.91 Å². The van der Waals surface area contributed by atoms with E-state index in [-0.39, 0.29) is 30.0 Å². The van der Waals surface area contributed by atoms with Crippen LogP contribution in [-0.2, 0) is 11.2 Å². The van der Waals surface area contributed by atoms with Crippen molar-refractivity contribution in [3.05, 3.63) is 71.0 Å². The van der Waals surface area contributed by atoms with Crippen LogP contribution in [0.25, 0.3) is 0 Å². The molecule has 0 aromatic heterocycles. The van der Waals surface area contributed by atoms with Gasteiger partial charge in [-0.15, -0.1) is 0 Å². The van der Waals surface area contributed by atoms with Gasteiger partial charge >= 0.3 is 0 Å². The summed E-state index contributed by atoms with van der Waals surface area (Å²) >= 11 is 0. The second kappa shape index (κ2) is 7.25. The molecule has 0 bridgehead atoms. The van der Waals surface area contributed by atoms with E-state index < -0.39 is 6.04 Å². The molecule has 2 amide bonds. The van der Waals surface area contributed by atoms with E-state index in [0.717, 1.165) is 12.0 Å². The number of nitrogens with zero attached hydrogens (tertiary/aromatic N) is 1. The van der Waals surface area contributed by atoms with Crippen LogP contribution >= 0.6 is 0 Å². The minimum Gasteiger partial charge on any atom is -0.296 e. The smallest absolute Gasteiger partial charge is 0.257 e. The molecule has 0 aliphatic carbocycles. The molecule has 0 spiro atoms. The third-order valence-electron chi connectivity index (χ3n) is 4.01. The van der Waals surface area contributed by atoms with Crippen molar-refractivity contribution in [2.24, 2.45) is 4.99 Å². The van der Waals surface area contributed by atoms with Crippen molar-refractivity contribution < 1.29 is 14.0 Å². The van der Waals surface area contributed by atoms with Crippen molar-refractivity contribution in [3.8, 4) is 0 Å². The summed E-state index contributed by atoms with van der Waals surface area (Å²) in [7, 11) is 0. The molecule has 2 aromatic carbocycles. The number of guanidine groups is 1. The molecule has 0 fully saturated rings. The Bertz CT molecular complexity index is 831. The Morgan fingerprint density at radius 1 is 1.28 bits per heavy atom. The highest BCUT2D eigenvalue weighted by atomic mass is 19.1. The van der Waals surface area contributed by atoms with Crippen LogP contribution in [0.5, 0.6) is 0 Å². The van der Waals surface area contributed by atoms with Gasteiger partial charge in [-0.05, 0) is 41.8 Å². The van der Waals surface area contributed by atoms with E-state index in [4.69, 9.17) is 0 Å². The molecule has 1 aliphatic heterocycles. The highest BCUT2D eigenvalue weighted by Gasteiger charge is 2.24. The van der Waals surface area contributed by atoms with Crippen LogP contribution in [0, 0.1) is 5.82 Å². The second-order valence-electron chi connectivity index (χ2n) is 5.81. The minimum atomic E-state index is -0.526. The number of hydrogen-bond acceptors (Lipinski definition) is 3. The Kier molecular flexibility index (Phi) is 4.88. The molecule has 0 unspecified atom stereocenters. The van der Waals surface area contributed by atoms with Crippen LogP contribution in [0.3, 0.4) is 0 Å². The highest BCUT2D eigenvalue weighted by Crippen LogP contribution is 2.24. The van der Waals surface area contributed by atoms with Crippen LogP contribution in [-0.4, -0.2) is 17.8 Å². The molecule has 25 heavy (non-hydrogen) atoms. The third-order valence-corrected chi connectivity index (χ3v) is 4.01. The number of amides is 2. The van der Waals surface area contributed by atoms with Gasteiger partial charge in [0.2, 0.25) is 11.9 Å². The maximum absolute atomic E-state index is 13.4. The fourth-order valence-electron chi connectivity index (χ4n) is 2.63. The average molecular weight is 339 g/mol. The Morgan fingerprint density at radius 3 is 2.72 bits per heavy atom. The van der Waals surface area contributed by atoms with E-state index in [1.54, 1.807) is 24.3 Å². The molecule has 0 saturated carbocycles. The molecule has 1 atom stereocenters. The summed E-state index contributed by atoms with van der Waals surface area (Å²) in [5, 5.41) is 5.14. The highest BCUT2D eigenvalue weighted by molar-refractivity contribution is 6.10. The van der Waals surface area contributed by atoms with Gasteiger partial charge in [-0.1, -0.05) is 31.2 Å². The number of benzene rings is 2. The van der Waals surface area contributed by atoms with E-state index in [1.807, 2.05) is 19.1 Å². The lowest BCUT2D eigenvalue weighted by atomic mass is 10.0. The zero-order valence-corrected chi connectivity index (χ0v) is 13.8. The molecule has 5 nitrogen and oxygen atoms in total. The van der Waals surface area contributed by atoms with Gasteiger partial charge in [-0.25, -0.2) is 9.38 Å².